The summed E-state index contributed by atoms with van der Waals surface area (Å²) < 4.78 is 10.9. The van der Waals surface area contributed by atoms with Crippen molar-refractivity contribution in [1.29, 1.82) is 0 Å². The predicted molar refractivity (Wildman–Crippen MR) is 77.7 cm³/mol. The van der Waals surface area contributed by atoms with E-state index in [-0.39, 0.29) is 18.1 Å². The van der Waals surface area contributed by atoms with E-state index in [1.807, 2.05) is 33.8 Å². The molecule has 1 amide bonds. The Morgan fingerprint density at radius 3 is 2.80 bits per heavy atom. The average molecular weight is 276 g/mol. The number of nitrogens with zero attached hydrogens (tertiary/aromatic N) is 1. The molecule has 0 spiro atoms. The van der Waals surface area contributed by atoms with Gasteiger partial charge in [-0.3, -0.25) is 4.79 Å². The lowest BCUT2D eigenvalue weighted by Gasteiger charge is -2.18. The Morgan fingerprint density at radius 1 is 1.40 bits per heavy atom. The van der Waals surface area contributed by atoms with Gasteiger partial charge in [0.1, 0.15) is 12.1 Å². The number of amides is 1. The largest absolute Gasteiger partial charge is 0.441 e. The number of carbonyl (C=O) groups is 1. The summed E-state index contributed by atoms with van der Waals surface area (Å²) in [6.45, 7) is 7.74. The van der Waals surface area contributed by atoms with Crippen LogP contribution in [-0.2, 0) is 16.0 Å². The van der Waals surface area contributed by atoms with Crippen molar-refractivity contribution in [3.05, 3.63) is 24.1 Å². The van der Waals surface area contributed by atoms with E-state index in [1.165, 1.54) is 0 Å². The maximum Gasteiger partial charge on any atom is 0.250 e. The van der Waals surface area contributed by atoms with Gasteiger partial charge in [0, 0.05) is 12.1 Å². The van der Waals surface area contributed by atoms with Gasteiger partial charge in [-0.1, -0.05) is 6.92 Å². The zero-order valence-electron chi connectivity index (χ0n) is 12.3. The number of benzene rings is 1. The summed E-state index contributed by atoms with van der Waals surface area (Å²) in [6.07, 6.45) is 0.746. The molecule has 0 aliphatic carbocycles. The van der Waals surface area contributed by atoms with Crippen LogP contribution in [0.15, 0.2) is 22.6 Å². The molecule has 0 fully saturated rings. The average Bonchev–Trinajstić information content (AvgIpc) is 2.78. The van der Waals surface area contributed by atoms with E-state index in [4.69, 9.17) is 9.15 Å². The number of rotatable bonds is 4. The number of anilines is 1. The summed E-state index contributed by atoms with van der Waals surface area (Å²) in [5.74, 6) is 0.512. The first-order valence-electron chi connectivity index (χ1n) is 6.70. The molecule has 108 valence electrons. The summed E-state index contributed by atoms with van der Waals surface area (Å²) in [4.78, 5) is 16.1. The van der Waals surface area contributed by atoms with Crippen molar-refractivity contribution in [3.8, 4) is 0 Å². The highest BCUT2D eigenvalue weighted by atomic mass is 16.5. The van der Waals surface area contributed by atoms with E-state index in [9.17, 15) is 4.79 Å². The molecule has 0 radical (unpaired) electrons. The lowest BCUT2D eigenvalue weighted by Crippen LogP contribution is -2.27. The Bertz CT molecular complexity index is 611. The van der Waals surface area contributed by atoms with Crippen LogP contribution in [0.4, 0.5) is 5.69 Å². The Balaban J connectivity index is 2.04. The molecule has 1 aromatic heterocycles. The summed E-state index contributed by atoms with van der Waals surface area (Å²) in [5, 5.41) is 2.79. The summed E-state index contributed by atoms with van der Waals surface area (Å²) >= 11 is 0. The van der Waals surface area contributed by atoms with Gasteiger partial charge in [0.15, 0.2) is 11.5 Å². The van der Waals surface area contributed by atoms with Crippen molar-refractivity contribution in [2.75, 3.05) is 11.9 Å². The summed E-state index contributed by atoms with van der Waals surface area (Å²) in [7, 11) is 0. The molecule has 0 aliphatic heterocycles. The minimum atomic E-state index is -0.330. The van der Waals surface area contributed by atoms with Crippen LogP contribution in [0, 0.1) is 0 Å². The number of carbonyl (C=O) groups excluding carboxylic acids is 1. The quantitative estimate of drug-likeness (QED) is 0.931. The molecule has 0 atom stereocenters. The maximum atomic E-state index is 11.8. The van der Waals surface area contributed by atoms with Crippen molar-refractivity contribution < 1.29 is 13.9 Å². The van der Waals surface area contributed by atoms with Crippen LogP contribution in [0.2, 0.25) is 0 Å². The van der Waals surface area contributed by atoms with E-state index in [0.29, 0.717) is 11.6 Å². The Hall–Kier alpha value is -1.88. The highest BCUT2D eigenvalue weighted by molar-refractivity contribution is 5.93. The lowest BCUT2D eigenvalue weighted by molar-refractivity contribution is -0.125. The molecule has 0 unspecified atom stereocenters. The van der Waals surface area contributed by atoms with E-state index in [0.717, 1.165) is 17.5 Å². The number of nitrogens with one attached hydrogen (secondary N) is 1. The van der Waals surface area contributed by atoms with E-state index in [1.54, 1.807) is 12.1 Å². The molecular weight excluding hydrogens is 256 g/mol. The number of oxazole rings is 1. The zero-order valence-corrected chi connectivity index (χ0v) is 12.3. The van der Waals surface area contributed by atoms with Crippen LogP contribution in [0.1, 0.15) is 33.6 Å². The van der Waals surface area contributed by atoms with E-state index >= 15 is 0 Å². The van der Waals surface area contributed by atoms with Crippen molar-refractivity contribution in [3.63, 3.8) is 0 Å². The molecule has 2 rings (SSSR count). The standard InChI is InChI=1S/C15H20N2O3/c1-5-14-17-11-8-10(6-7-12(11)20-14)16-13(18)9-19-15(2,3)4/h6-8H,5,9H2,1-4H3,(H,16,18). The molecule has 0 bridgehead atoms. The van der Waals surface area contributed by atoms with Crippen molar-refractivity contribution in [2.24, 2.45) is 0 Å². The third-order valence-corrected chi connectivity index (χ3v) is 2.65. The number of aromatic nitrogens is 1. The minimum Gasteiger partial charge on any atom is -0.441 e. The summed E-state index contributed by atoms with van der Waals surface area (Å²) in [5.41, 5.74) is 1.84. The first-order valence-corrected chi connectivity index (χ1v) is 6.70. The van der Waals surface area contributed by atoms with Crippen molar-refractivity contribution >= 4 is 22.7 Å². The fourth-order valence-corrected chi connectivity index (χ4v) is 1.68. The van der Waals surface area contributed by atoms with E-state index in [2.05, 4.69) is 10.3 Å². The number of hydrogen-bond donors (Lipinski definition) is 1. The second-order valence-electron chi connectivity index (χ2n) is 5.59. The highest BCUT2D eigenvalue weighted by Gasteiger charge is 2.13. The molecular formula is C15H20N2O3. The summed E-state index contributed by atoms with van der Waals surface area (Å²) in [6, 6.07) is 5.40. The van der Waals surface area contributed by atoms with Crippen LogP contribution in [-0.4, -0.2) is 23.1 Å². The van der Waals surface area contributed by atoms with E-state index < -0.39 is 0 Å². The minimum absolute atomic E-state index is 0.0283. The Labute approximate surface area is 118 Å². The third-order valence-electron chi connectivity index (χ3n) is 2.65. The van der Waals surface area contributed by atoms with Crippen molar-refractivity contribution in [2.45, 2.75) is 39.7 Å². The number of aryl methyl sites for hydroxylation is 1. The van der Waals surface area contributed by atoms with Gasteiger partial charge in [0.25, 0.3) is 0 Å². The van der Waals surface area contributed by atoms with Crippen LogP contribution in [0.25, 0.3) is 11.1 Å². The second kappa shape index (κ2) is 5.63. The van der Waals surface area contributed by atoms with Crippen LogP contribution in [0.5, 0.6) is 0 Å². The second-order valence-corrected chi connectivity index (χ2v) is 5.59. The fraction of sp³-hybridized carbons (Fsp3) is 0.467. The molecule has 0 aliphatic rings. The predicted octanol–water partition coefficient (Wildman–Crippen LogP) is 3.14. The number of ether oxygens (including phenoxy) is 1. The first kappa shape index (κ1) is 14.5. The molecule has 20 heavy (non-hydrogen) atoms. The first-order chi connectivity index (χ1) is 9.37. The number of fused-ring (bicyclic) bond motifs is 1. The van der Waals surface area contributed by atoms with Gasteiger partial charge in [-0.15, -0.1) is 0 Å². The van der Waals surface area contributed by atoms with Crippen LogP contribution in [0.3, 0.4) is 0 Å². The molecule has 0 saturated carbocycles. The van der Waals surface area contributed by atoms with Gasteiger partial charge in [0.05, 0.1) is 5.60 Å². The normalized spacial score (nSPS) is 11.8. The molecule has 2 aromatic rings. The van der Waals surface area contributed by atoms with Crippen LogP contribution < -0.4 is 5.32 Å². The van der Waals surface area contributed by atoms with Crippen molar-refractivity contribution in [1.82, 2.24) is 4.98 Å². The SMILES string of the molecule is CCc1nc2cc(NC(=O)COC(C)(C)C)ccc2o1. The molecule has 1 N–H and O–H groups in total. The molecule has 5 heteroatoms. The fourth-order valence-electron chi connectivity index (χ4n) is 1.68. The highest BCUT2D eigenvalue weighted by Crippen LogP contribution is 2.20. The zero-order chi connectivity index (χ0) is 14.8. The van der Waals surface area contributed by atoms with Gasteiger partial charge in [-0.25, -0.2) is 4.98 Å². The van der Waals surface area contributed by atoms with Gasteiger partial charge >= 0.3 is 0 Å². The van der Waals surface area contributed by atoms with Gasteiger partial charge < -0.3 is 14.5 Å². The third kappa shape index (κ3) is 3.81. The maximum absolute atomic E-state index is 11.8. The topological polar surface area (TPSA) is 64.4 Å². The Morgan fingerprint density at radius 2 is 2.15 bits per heavy atom. The number of hydrogen-bond acceptors (Lipinski definition) is 4. The molecule has 1 aromatic carbocycles. The lowest BCUT2D eigenvalue weighted by atomic mass is 10.2. The van der Waals surface area contributed by atoms with Gasteiger partial charge in [-0.2, -0.15) is 0 Å². The van der Waals surface area contributed by atoms with Gasteiger partial charge in [-0.05, 0) is 39.0 Å². The smallest absolute Gasteiger partial charge is 0.250 e. The molecule has 0 saturated heterocycles. The Kier molecular flexibility index (Phi) is 4.09. The van der Waals surface area contributed by atoms with Gasteiger partial charge in [0.2, 0.25) is 5.91 Å². The molecule has 5 nitrogen and oxygen atoms in total. The van der Waals surface area contributed by atoms with Crippen LogP contribution >= 0.6 is 0 Å². The molecule has 1 heterocycles. The monoisotopic (exact) mass is 276 g/mol.